The third-order valence-corrected chi connectivity index (χ3v) is 8.68. The number of benzene rings is 3. The standard InChI is InChI=1S/C32H35ClN4OS/c1-35(2)26-14-8-22(9-15-26)20-24-6-5-7-29-31(24)34-37(30(38)21-39-28-18-12-25(33)13-19-28)32(29)23-10-16-27(17-11-23)36(3)4/h8-20,29,32H,5-7,21H2,1-4H3/b24-20+/t29-,32+/m1/s1. The fourth-order valence-electron chi connectivity index (χ4n) is 5.32. The van der Waals surface area contributed by atoms with Gasteiger partial charge in [0.15, 0.2) is 0 Å². The first-order chi connectivity index (χ1) is 18.8. The summed E-state index contributed by atoms with van der Waals surface area (Å²) in [6, 6.07) is 24.7. The van der Waals surface area contributed by atoms with Gasteiger partial charge in [-0.05, 0) is 90.6 Å². The summed E-state index contributed by atoms with van der Waals surface area (Å²) in [5.74, 6) is 0.525. The first-order valence-electron chi connectivity index (χ1n) is 13.3. The van der Waals surface area contributed by atoms with Gasteiger partial charge < -0.3 is 9.80 Å². The Morgan fingerprint density at radius 1 is 0.949 bits per heavy atom. The van der Waals surface area contributed by atoms with Crippen LogP contribution in [0.2, 0.25) is 5.02 Å². The number of rotatable bonds is 7. The van der Waals surface area contributed by atoms with Crippen molar-refractivity contribution in [3.8, 4) is 0 Å². The topological polar surface area (TPSA) is 39.1 Å². The lowest BCUT2D eigenvalue weighted by molar-refractivity contribution is -0.130. The number of carbonyl (C=O) groups is 1. The molecule has 5 nitrogen and oxygen atoms in total. The van der Waals surface area contributed by atoms with Crippen LogP contribution in [0.3, 0.4) is 0 Å². The molecule has 0 spiro atoms. The average Bonchev–Trinajstić information content (AvgIpc) is 3.34. The molecule has 5 rings (SSSR count). The SMILES string of the molecule is CN(C)c1ccc(/C=C2\CCC[C@@H]3C2=NN(C(=O)CSc2ccc(Cl)cc2)[C@H]3c2ccc(N(C)C)cc2)cc1. The highest BCUT2D eigenvalue weighted by Gasteiger charge is 2.43. The lowest BCUT2D eigenvalue weighted by Gasteiger charge is -2.30. The molecular formula is C32H35ClN4OS. The van der Waals surface area contributed by atoms with E-state index in [1.807, 2.05) is 38.4 Å². The minimum atomic E-state index is -0.102. The molecule has 0 radical (unpaired) electrons. The molecule has 202 valence electrons. The number of nitrogens with zero attached hydrogens (tertiary/aromatic N) is 4. The molecule has 2 aliphatic rings. The molecule has 2 atom stereocenters. The summed E-state index contributed by atoms with van der Waals surface area (Å²) in [5, 5.41) is 7.51. The summed E-state index contributed by atoms with van der Waals surface area (Å²) in [4.78, 5) is 18.9. The van der Waals surface area contributed by atoms with E-state index in [1.165, 1.54) is 23.0 Å². The van der Waals surface area contributed by atoms with Gasteiger partial charge in [-0.25, -0.2) is 5.01 Å². The van der Waals surface area contributed by atoms with Crippen molar-refractivity contribution in [1.29, 1.82) is 0 Å². The molecular weight excluding hydrogens is 524 g/mol. The highest BCUT2D eigenvalue weighted by atomic mass is 35.5. The molecule has 7 heteroatoms. The van der Waals surface area contributed by atoms with Gasteiger partial charge >= 0.3 is 0 Å². The van der Waals surface area contributed by atoms with Crippen molar-refractivity contribution < 1.29 is 4.79 Å². The highest BCUT2D eigenvalue weighted by molar-refractivity contribution is 8.00. The summed E-state index contributed by atoms with van der Waals surface area (Å²) < 4.78 is 0. The number of hydrazone groups is 1. The molecule has 1 amide bonds. The van der Waals surface area contributed by atoms with Gasteiger partial charge in [0.25, 0.3) is 5.91 Å². The normalized spacial score (nSPS) is 19.6. The Bertz CT molecular complexity index is 1360. The average molecular weight is 559 g/mol. The van der Waals surface area contributed by atoms with E-state index in [9.17, 15) is 4.79 Å². The van der Waals surface area contributed by atoms with E-state index in [0.717, 1.165) is 46.7 Å². The van der Waals surface area contributed by atoms with Crippen molar-refractivity contribution >= 4 is 52.4 Å². The number of anilines is 2. The molecule has 1 heterocycles. The summed E-state index contributed by atoms with van der Waals surface area (Å²) in [5.41, 5.74) is 6.90. The van der Waals surface area contributed by atoms with Crippen LogP contribution in [-0.2, 0) is 4.79 Å². The van der Waals surface area contributed by atoms with Gasteiger partial charge in [-0.2, -0.15) is 5.10 Å². The minimum absolute atomic E-state index is 0.0215. The van der Waals surface area contributed by atoms with Gasteiger partial charge in [0, 0.05) is 55.4 Å². The Morgan fingerprint density at radius 3 is 2.18 bits per heavy atom. The second kappa shape index (κ2) is 11.9. The molecule has 1 saturated carbocycles. The van der Waals surface area contributed by atoms with Gasteiger partial charge in [0.05, 0.1) is 17.5 Å². The predicted octanol–water partition coefficient (Wildman–Crippen LogP) is 7.39. The lowest BCUT2D eigenvalue weighted by atomic mass is 9.77. The van der Waals surface area contributed by atoms with Crippen molar-refractivity contribution in [3.05, 3.63) is 94.5 Å². The van der Waals surface area contributed by atoms with Gasteiger partial charge in [-0.1, -0.05) is 35.9 Å². The third kappa shape index (κ3) is 6.18. The Kier molecular flexibility index (Phi) is 8.34. The molecule has 39 heavy (non-hydrogen) atoms. The zero-order valence-corrected chi connectivity index (χ0v) is 24.5. The van der Waals surface area contributed by atoms with E-state index >= 15 is 0 Å². The van der Waals surface area contributed by atoms with E-state index in [0.29, 0.717) is 10.8 Å². The van der Waals surface area contributed by atoms with Crippen LogP contribution in [-0.4, -0.2) is 50.6 Å². The van der Waals surface area contributed by atoms with Crippen LogP contribution in [0.15, 0.2) is 88.4 Å². The number of fused-ring (bicyclic) bond motifs is 1. The van der Waals surface area contributed by atoms with Crippen molar-refractivity contribution in [1.82, 2.24) is 5.01 Å². The maximum atomic E-state index is 13.7. The molecule has 1 aliphatic carbocycles. The second-order valence-corrected chi connectivity index (χ2v) is 12.0. The van der Waals surface area contributed by atoms with Gasteiger partial charge in [-0.15, -0.1) is 11.8 Å². The van der Waals surface area contributed by atoms with Crippen molar-refractivity contribution in [2.24, 2.45) is 11.0 Å². The Balaban J connectivity index is 1.45. The number of hydrogen-bond acceptors (Lipinski definition) is 5. The Hall–Kier alpha value is -3.22. The smallest absolute Gasteiger partial charge is 0.253 e. The number of carbonyl (C=O) groups excluding carboxylic acids is 1. The first-order valence-corrected chi connectivity index (χ1v) is 14.7. The van der Waals surface area contributed by atoms with Crippen LogP contribution >= 0.6 is 23.4 Å². The maximum Gasteiger partial charge on any atom is 0.253 e. The number of amides is 1. The first kappa shape index (κ1) is 27.4. The highest BCUT2D eigenvalue weighted by Crippen LogP contribution is 2.45. The Labute approximate surface area is 241 Å². The van der Waals surface area contributed by atoms with Crippen LogP contribution in [0.4, 0.5) is 11.4 Å². The fourth-order valence-corrected chi connectivity index (χ4v) is 6.20. The zero-order valence-electron chi connectivity index (χ0n) is 23.0. The fraction of sp³-hybridized carbons (Fsp3) is 0.312. The van der Waals surface area contributed by atoms with Crippen LogP contribution in [0.1, 0.15) is 36.4 Å². The van der Waals surface area contributed by atoms with Gasteiger partial charge in [0.2, 0.25) is 0 Å². The van der Waals surface area contributed by atoms with E-state index in [2.05, 4.69) is 78.5 Å². The minimum Gasteiger partial charge on any atom is -0.378 e. The monoisotopic (exact) mass is 558 g/mol. The summed E-state index contributed by atoms with van der Waals surface area (Å²) in [6.07, 6.45) is 5.33. The van der Waals surface area contributed by atoms with E-state index in [1.54, 1.807) is 5.01 Å². The third-order valence-electron chi connectivity index (χ3n) is 7.43. The number of halogens is 1. The predicted molar refractivity (Wildman–Crippen MR) is 166 cm³/mol. The molecule has 3 aromatic carbocycles. The zero-order chi connectivity index (χ0) is 27.5. The van der Waals surface area contributed by atoms with Crippen molar-refractivity contribution in [2.75, 3.05) is 43.7 Å². The van der Waals surface area contributed by atoms with E-state index in [-0.39, 0.29) is 17.9 Å². The quantitative estimate of drug-likeness (QED) is 0.283. The second-order valence-electron chi connectivity index (χ2n) is 10.6. The molecule has 0 saturated heterocycles. The molecule has 0 aromatic heterocycles. The van der Waals surface area contributed by atoms with Crippen LogP contribution < -0.4 is 9.80 Å². The summed E-state index contributed by atoms with van der Waals surface area (Å²) in [6.45, 7) is 0. The van der Waals surface area contributed by atoms with Crippen molar-refractivity contribution in [2.45, 2.75) is 30.2 Å². The number of hydrogen-bond donors (Lipinski definition) is 0. The molecule has 1 fully saturated rings. The van der Waals surface area contributed by atoms with E-state index < -0.39 is 0 Å². The number of allylic oxidation sites excluding steroid dienone is 1. The van der Waals surface area contributed by atoms with E-state index in [4.69, 9.17) is 16.7 Å². The van der Waals surface area contributed by atoms with Crippen LogP contribution in [0, 0.1) is 5.92 Å². The van der Waals surface area contributed by atoms with Crippen molar-refractivity contribution in [3.63, 3.8) is 0 Å². The largest absolute Gasteiger partial charge is 0.378 e. The molecule has 1 aliphatic heterocycles. The maximum absolute atomic E-state index is 13.7. The van der Waals surface area contributed by atoms with Crippen LogP contribution in [0.5, 0.6) is 0 Å². The molecule has 0 unspecified atom stereocenters. The molecule has 3 aromatic rings. The number of thioether (sulfide) groups is 1. The van der Waals surface area contributed by atoms with Gasteiger partial charge in [0.1, 0.15) is 0 Å². The Morgan fingerprint density at radius 2 is 1.56 bits per heavy atom. The lowest BCUT2D eigenvalue weighted by Crippen LogP contribution is -2.32. The summed E-state index contributed by atoms with van der Waals surface area (Å²) >= 11 is 7.57. The summed E-state index contributed by atoms with van der Waals surface area (Å²) in [7, 11) is 8.18. The molecule has 0 bridgehead atoms. The molecule has 0 N–H and O–H groups in total. The van der Waals surface area contributed by atoms with Crippen LogP contribution in [0.25, 0.3) is 6.08 Å². The van der Waals surface area contributed by atoms with Gasteiger partial charge in [-0.3, -0.25) is 4.79 Å².